The summed E-state index contributed by atoms with van der Waals surface area (Å²) >= 11 is 0. The number of ether oxygens (including phenoxy) is 1. The van der Waals surface area contributed by atoms with Gasteiger partial charge < -0.3 is 15.0 Å². The minimum atomic E-state index is -3.83. The Bertz CT molecular complexity index is 1340. The second kappa shape index (κ2) is 9.58. The number of carbonyl (C=O) groups is 1. The predicted molar refractivity (Wildman–Crippen MR) is 135 cm³/mol. The van der Waals surface area contributed by atoms with Gasteiger partial charge in [0.05, 0.1) is 23.3 Å². The molecule has 1 aromatic heterocycles. The number of hydrogen-bond acceptors (Lipinski definition) is 6. The van der Waals surface area contributed by atoms with Crippen LogP contribution in [0.1, 0.15) is 34.3 Å². The van der Waals surface area contributed by atoms with Crippen LogP contribution in [-0.4, -0.2) is 46.1 Å². The molecule has 5 rings (SSSR count). The second-order valence-corrected chi connectivity index (χ2v) is 10.6. The fourth-order valence-corrected chi connectivity index (χ4v) is 6.17. The minimum absolute atomic E-state index is 0.0526. The van der Waals surface area contributed by atoms with E-state index in [0.717, 1.165) is 30.0 Å². The van der Waals surface area contributed by atoms with Gasteiger partial charge in [-0.05, 0) is 60.7 Å². The van der Waals surface area contributed by atoms with Crippen LogP contribution in [0.25, 0.3) is 0 Å². The molecular formula is C26H28N4O4S. The lowest BCUT2D eigenvalue weighted by molar-refractivity contribution is 0.0947. The number of pyridine rings is 1. The van der Waals surface area contributed by atoms with E-state index in [4.69, 9.17) is 4.74 Å². The molecule has 0 saturated carbocycles. The smallest absolute Gasteiger partial charge is 0.264 e. The number of carbonyl (C=O) groups excluding carboxylic acids is 1. The van der Waals surface area contributed by atoms with Gasteiger partial charge in [-0.15, -0.1) is 0 Å². The summed E-state index contributed by atoms with van der Waals surface area (Å²) < 4.78 is 33.6. The van der Waals surface area contributed by atoms with E-state index in [1.165, 1.54) is 42.5 Å². The third-order valence-electron chi connectivity index (χ3n) is 6.54. The lowest BCUT2D eigenvalue weighted by Crippen LogP contribution is -2.30. The average molecular weight is 493 g/mol. The number of anilines is 2. The maximum Gasteiger partial charge on any atom is 0.264 e. The topological polar surface area (TPSA) is 91.8 Å². The molecule has 0 atom stereocenters. The highest BCUT2D eigenvalue weighted by Crippen LogP contribution is 2.34. The lowest BCUT2D eigenvalue weighted by Gasteiger charge is -2.20. The van der Waals surface area contributed by atoms with E-state index < -0.39 is 15.9 Å². The Hall–Kier alpha value is -3.59. The third-order valence-corrected chi connectivity index (χ3v) is 8.35. The number of para-hydroxylation sites is 1. The number of nitrogens with zero attached hydrogens (tertiary/aromatic N) is 3. The molecule has 1 amide bonds. The fraction of sp³-hybridized carbons (Fsp3) is 0.308. The van der Waals surface area contributed by atoms with Gasteiger partial charge in [0.1, 0.15) is 11.6 Å². The molecule has 2 aromatic carbocycles. The summed E-state index contributed by atoms with van der Waals surface area (Å²) in [5, 5.41) is 2.86. The first kappa shape index (κ1) is 23.2. The molecule has 0 unspecified atom stereocenters. The summed E-state index contributed by atoms with van der Waals surface area (Å²) in [5.74, 6) is 0.843. The molecule has 2 aliphatic heterocycles. The van der Waals surface area contributed by atoms with E-state index in [9.17, 15) is 13.2 Å². The molecule has 9 heteroatoms. The lowest BCUT2D eigenvalue weighted by atomic mass is 10.2. The highest BCUT2D eigenvalue weighted by Gasteiger charge is 2.31. The zero-order valence-corrected chi connectivity index (χ0v) is 20.4. The van der Waals surface area contributed by atoms with E-state index in [1.54, 1.807) is 12.3 Å². The fourth-order valence-electron chi connectivity index (χ4n) is 4.64. The molecule has 0 radical (unpaired) electrons. The molecule has 8 nitrogen and oxygen atoms in total. The predicted octanol–water partition coefficient (Wildman–Crippen LogP) is 3.37. The van der Waals surface area contributed by atoms with Gasteiger partial charge in [-0.2, -0.15) is 0 Å². The van der Waals surface area contributed by atoms with Crippen LogP contribution in [0, 0.1) is 0 Å². The summed E-state index contributed by atoms with van der Waals surface area (Å²) in [5.41, 5.74) is 2.70. The molecular weight excluding hydrogens is 464 g/mol. The Labute approximate surface area is 205 Å². The van der Waals surface area contributed by atoms with Crippen LogP contribution in [-0.2, 0) is 23.0 Å². The quantitative estimate of drug-likeness (QED) is 0.544. The first-order chi connectivity index (χ1) is 17.0. The number of amides is 1. The van der Waals surface area contributed by atoms with Crippen LogP contribution >= 0.6 is 0 Å². The van der Waals surface area contributed by atoms with E-state index in [1.807, 2.05) is 30.3 Å². The van der Waals surface area contributed by atoms with Crippen molar-refractivity contribution in [2.45, 2.75) is 30.7 Å². The number of sulfonamides is 1. The summed E-state index contributed by atoms with van der Waals surface area (Å²) in [6.07, 6.45) is 4.78. The van der Waals surface area contributed by atoms with Crippen molar-refractivity contribution in [3.63, 3.8) is 0 Å². The van der Waals surface area contributed by atoms with Gasteiger partial charge >= 0.3 is 0 Å². The summed E-state index contributed by atoms with van der Waals surface area (Å²) in [6, 6.07) is 15.8. The Morgan fingerprint density at radius 1 is 1.06 bits per heavy atom. The van der Waals surface area contributed by atoms with E-state index in [-0.39, 0.29) is 17.0 Å². The van der Waals surface area contributed by atoms with Gasteiger partial charge in [0.15, 0.2) is 0 Å². The molecule has 0 spiro atoms. The van der Waals surface area contributed by atoms with E-state index in [2.05, 4.69) is 15.2 Å². The van der Waals surface area contributed by atoms with Crippen molar-refractivity contribution in [1.82, 2.24) is 10.3 Å². The van der Waals surface area contributed by atoms with Crippen LogP contribution in [0.3, 0.4) is 0 Å². The number of nitrogens with one attached hydrogen (secondary N) is 1. The molecule has 2 aliphatic rings. The Kier molecular flexibility index (Phi) is 6.34. The van der Waals surface area contributed by atoms with Gasteiger partial charge in [-0.1, -0.05) is 24.3 Å². The van der Waals surface area contributed by atoms with Crippen LogP contribution in [0.5, 0.6) is 5.75 Å². The Morgan fingerprint density at radius 2 is 1.86 bits per heavy atom. The van der Waals surface area contributed by atoms with Gasteiger partial charge in [-0.25, -0.2) is 13.4 Å². The molecule has 35 heavy (non-hydrogen) atoms. The average Bonchev–Trinajstić information content (AvgIpc) is 3.58. The monoisotopic (exact) mass is 492 g/mol. The maximum absolute atomic E-state index is 13.4. The summed E-state index contributed by atoms with van der Waals surface area (Å²) in [7, 11) is -2.37. The largest absolute Gasteiger partial charge is 0.496 e. The molecule has 0 bridgehead atoms. The molecule has 3 aromatic rings. The van der Waals surface area contributed by atoms with Crippen LogP contribution in [0.4, 0.5) is 11.5 Å². The Morgan fingerprint density at radius 3 is 2.60 bits per heavy atom. The number of hydrogen-bond donors (Lipinski definition) is 1. The normalized spacial score (nSPS) is 15.2. The van der Waals surface area contributed by atoms with E-state index in [0.29, 0.717) is 24.4 Å². The first-order valence-electron chi connectivity index (χ1n) is 11.7. The second-order valence-electron chi connectivity index (χ2n) is 8.72. The van der Waals surface area contributed by atoms with Gasteiger partial charge in [0, 0.05) is 32.4 Å². The number of aromatic nitrogens is 1. The zero-order valence-electron chi connectivity index (χ0n) is 19.6. The SMILES string of the molecule is COc1ccc(S(=O)(=O)N2CCc3ccccc32)cc1C(=O)NCc1ccc(N2CCCC2)nc1. The van der Waals surface area contributed by atoms with Crippen molar-refractivity contribution in [3.05, 3.63) is 77.5 Å². The maximum atomic E-state index is 13.4. The zero-order chi connectivity index (χ0) is 24.4. The third kappa shape index (κ3) is 4.55. The molecule has 1 fully saturated rings. The number of fused-ring (bicyclic) bond motifs is 1. The number of methoxy groups -OCH3 is 1. The van der Waals surface area contributed by atoms with Gasteiger partial charge in [0.25, 0.3) is 15.9 Å². The van der Waals surface area contributed by atoms with Crippen LogP contribution in [0.15, 0.2) is 65.7 Å². The summed E-state index contributed by atoms with van der Waals surface area (Å²) in [6.45, 7) is 2.68. The van der Waals surface area contributed by atoms with Crippen molar-refractivity contribution in [1.29, 1.82) is 0 Å². The van der Waals surface area contributed by atoms with Crippen LogP contribution < -0.4 is 19.3 Å². The molecule has 1 saturated heterocycles. The highest BCUT2D eigenvalue weighted by molar-refractivity contribution is 7.92. The molecule has 3 heterocycles. The number of benzene rings is 2. The van der Waals surface area contributed by atoms with E-state index >= 15 is 0 Å². The van der Waals surface area contributed by atoms with Gasteiger partial charge in [-0.3, -0.25) is 9.10 Å². The van der Waals surface area contributed by atoms with Crippen molar-refractivity contribution >= 4 is 27.4 Å². The minimum Gasteiger partial charge on any atom is -0.496 e. The molecule has 182 valence electrons. The number of rotatable bonds is 7. The van der Waals surface area contributed by atoms with Crippen molar-refractivity contribution in [3.8, 4) is 5.75 Å². The van der Waals surface area contributed by atoms with Gasteiger partial charge in [0.2, 0.25) is 0 Å². The first-order valence-corrected chi connectivity index (χ1v) is 13.2. The highest BCUT2D eigenvalue weighted by atomic mass is 32.2. The van der Waals surface area contributed by atoms with Crippen molar-refractivity contribution in [2.75, 3.05) is 35.9 Å². The van der Waals surface area contributed by atoms with Crippen molar-refractivity contribution < 1.29 is 17.9 Å². The molecule has 1 N–H and O–H groups in total. The summed E-state index contributed by atoms with van der Waals surface area (Å²) in [4.78, 5) is 19.9. The Balaban J connectivity index is 1.33. The van der Waals surface area contributed by atoms with Crippen molar-refractivity contribution in [2.24, 2.45) is 0 Å². The van der Waals surface area contributed by atoms with Crippen LogP contribution in [0.2, 0.25) is 0 Å². The standard InChI is InChI=1S/C26H28N4O4S/c1-34-24-10-9-21(35(32,33)30-15-12-20-6-2-3-7-23(20)30)16-22(24)26(31)28-18-19-8-11-25(27-17-19)29-13-4-5-14-29/h2-3,6-11,16-17H,4-5,12-15,18H2,1H3,(H,28,31). The molecule has 0 aliphatic carbocycles.